The van der Waals surface area contributed by atoms with E-state index in [4.69, 9.17) is 4.74 Å². The van der Waals surface area contributed by atoms with Gasteiger partial charge in [-0.2, -0.15) is 0 Å². The maximum Gasteiger partial charge on any atom is 0.0893 e. The third-order valence-corrected chi connectivity index (χ3v) is 4.52. The molecule has 0 radical (unpaired) electrons. The third kappa shape index (κ3) is 2.20. The standard InChI is InChI=1S/C16H24N2O/c1-4-14-12-6-5-9-19-16(12)13-10-11(18(2)3)7-8-15(13)17-14/h7-8,10,12,14,16-17H,4-6,9H2,1-3H3/t12?,14-,16?/m0/s1. The van der Waals surface area contributed by atoms with Crippen LogP contribution in [-0.2, 0) is 4.74 Å². The Morgan fingerprint density at radius 1 is 1.37 bits per heavy atom. The molecule has 2 heterocycles. The molecule has 0 spiro atoms. The molecule has 2 aliphatic rings. The molecule has 19 heavy (non-hydrogen) atoms. The predicted octanol–water partition coefficient (Wildman–Crippen LogP) is 3.42. The normalized spacial score (nSPS) is 29.1. The van der Waals surface area contributed by atoms with Crippen molar-refractivity contribution in [2.75, 3.05) is 30.9 Å². The van der Waals surface area contributed by atoms with Gasteiger partial charge < -0.3 is 15.0 Å². The Labute approximate surface area is 115 Å². The highest BCUT2D eigenvalue weighted by molar-refractivity contribution is 5.63. The quantitative estimate of drug-likeness (QED) is 0.881. The molecular formula is C16H24N2O. The molecule has 3 atom stereocenters. The molecule has 0 aliphatic carbocycles. The number of nitrogens with one attached hydrogen (secondary N) is 1. The topological polar surface area (TPSA) is 24.5 Å². The van der Waals surface area contributed by atoms with Gasteiger partial charge in [-0.1, -0.05) is 6.92 Å². The summed E-state index contributed by atoms with van der Waals surface area (Å²) in [6.07, 6.45) is 3.93. The molecule has 0 amide bonds. The summed E-state index contributed by atoms with van der Waals surface area (Å²) in [7, 11) is 4.18. The summed E-state index contributed by atoms with van der Waals surface area (Å²) in [4.78, 5) is 2.16. The van der Waals surface area contributed by atoms with Gasteiger partial charge in [0.25, 0.3) is 0 Å². The minimum absolute atomic E-state index is 0.287. The monoisotopic (exact) mass is 260 g/mol. The molecule has 1 aromatic carbocycles. The van der Waals surface area contributed by atoms with Crippen molar-refractivity contribution < 1.29 is 4.74 Å². The Morgan fingerprint density at radius 2 is 2.21 bits per heavy atom. The van der Waals surface area contributed by atoms with Gasteiger partial charge in [0.1, 0.15) is 0 Å². The summed E-state index contributed by atoms with van der Waals surface area (Å²) in [6.45, 7) is 3.17. The van der Waals surface area contributed by atoms with E-state index in [-0.39, 0.29) is 6.10 Å². The van der Waals surface area contributed by atoms with Crippen LogP contribution in [0.1, 0.15) is 37.9 Å². The zero-order chi connectivity index (χ0) is 13.4. The number of fused-ring (bicyclic) bond motifs is 3. The van der Waals surface area contributed by atoms with E-state index in [0.717, 1.165) is 6.61 Å². The van der Waals surface area contributed by atoms with Crippen molar-refractivity contribution in [2.24, 2.45) is 5.92 Å². The van der Waals surface area contributed by atoms with E-state index in [1.807, 2.05) is 0 Å². The van der Waals surface area contributed by atoms with Gasteiger partial charge in [0.15, 0.2) is 0 Å². The van der Waals surface area contributed by atoms with Gasteiger partial charge in [-0.15, -0.1) is 0 Å². The minimum atomic E-state index is 0.287. The van der Waals surface area contributed by atoms with Crippen molar-refractivity contribution in [3.05, 3.63) is 23.8 Å². The Balaban J connectivity index is 2.00. The lowest BCUT2D eigenvalue weighted by molar-refractivity contribution is -0.0379. The Kier molecular flexibility index (Phi) is 3.40. The van der Waals surface area contributed by atoms with Crippen LogP contribution in [0.3, 0.4) is 0 Å². The van der Waals surface area contributed by atoms with Crippen LogP contribution in [0.15, 0.2) is 18.2 Å². The highest BCUT2D eigenvalue weighted by Gasteiger charge is 2.38. The molecule has 104 valence electrons. The van der Waals surface area contributed by atoms with E-state index >= 15 is 0 Å². The number of hydrogen-bond acceptors (Lipinski definition) is 3. The number of rotatable bonds is 2. The summed E-state index contributed by atoms with van der Waals surface area (Å²) in [6, 6.07) is 7.24. The number of nitrogens with zero attached hydrogens (tertiary/aromatic N) is 1. The largest absolute Gasteiger partial charge is 0.382 e. The van der Waals surface area contributed by atoms with Crippen molar-refractivity contribution >= 4 is 11.4 Å². The fourth-order valence-electron chi connectivity index (χ4n) is 3.44. The fourth-order valence-corrected chi connectivity index (χ4v) is 3.44. The number of benzene rings is 1. The Hall–Kier alpha value is -1.22. The van der Waals surface area contributed by atoms with Gasteiger partial charge in [0.05, 0.1) is 6.10 Å². The van der Waals surface area contributed by atoms with Crippen LogP contribution < -0.4 is 10.2 Å². The maximum absolute atomic E-state index is 6.12. The average molecular weight is 260 g/mol. The van der Waals surface area contributed by atoms with Crippen molar-refractivity contribution in [1.82, 2.24) is 0 Å². The van der Waals surface area contributed by atoms with E-state index in [1.165, 1.54) is 36.2 Å². The zero-order valence-electron chi connectivity index (χ0n) is 12.1. The molecule has 1 aromatic rings. The van der Waals surface area contributed by atoms with Gasteiger partial charge in [-0.25, -0.2) is 0 Å². The molecule has 0 aromatic heterocycles. The highest BCUT2D eigenvalue weighted by Crippen LogP contribution is 2.45. The number of ether oxygens (including phenoxy) is 1. The van der Waals surface area contributed by atoms with Crippen molar-refractivity contribution in [1.29, 1.82) is 0 Å². The van der Waals surface area contributed by atoms with Crippen molar-refractivity contribution in [3.8, 4) is 0 Å². The van der Waals surface area contributed by atoms with Gasteiger partial charge in [0.2, 0.25) is 0 Å². The first kappa shape index (κ1) is 12.8. The second kappa shape index (κ2) is 5.04. The minimum Gasteiger partial charge on any atom is -0.382 e. The van der Waals surface area contributed by atoms with E-state index < -0.39 is 0 Å². The van der Waals surface area contributed by atoms with Crippen molar-refractivity contribution in [2.45, 2.75) is 38.3 Å². The molecule has 3 heteroatoms. The zero-order valence-corrected chi connectivity index (χ0v) is 12.1. The molecule has 0 saturated carbocycles. The van der Waals surface area contributed by atoms with Crippen LogP contribution in [-0.4, -0.2) is 26.7 Å². The molecule has 3 rings (SSSR count). The summed E-state index contributed by atoms with van der Waals surface area (Å²) in [5, 5.41) is 3.71. The van der Waals surface area contributed by atoms with Crippen LogP contribution >= 0.6 is 0 Å². The van der Waals surface area contributed by atoms with Crippen LogP contribution in [0, 0.1) is 5.92 Å². The second-order valence-electron chi connectivity index (χ2n) is 5.92. The molecule has 1 saturated heterocycles. The lowest BCUT2D eigenvalue weighted by Crippen LogP contribution is -2.41. The third-order valence-electron chi connectivity index (χ3n) is 4.52. The Morgan fingerprint density at radius 3 is 2.95 bits per heavy atom. The van der Waals surface area contributed by atoms with Crippen molar-refractivity contribution in [3.63, 3.8) is 0 Å². The highest BCUT2D eigenvalue weighted by atomic mass is 16.5. The molecule has 2 aliphatic heterocycles. The smallest absolute Gasteiger partial charge is 0.0893 e. The SMILES string of the molecule is CC[C@@H]1Nc2ccc(N(C)C)cc2C2OCCCC21. The molecule has 1 fully saturated rings. The summed E-state index contributed by atoms with van der Waals surface area (Å²) >= 11 is 0. The molecular weight excluding hydrogens is 236 g/mol. The van der Waals surface area contributed by atoms with Gasteiger partial charge in [-0.3, -0.25) is 0 Å². The van der Waals surface area contributed by atoms with Gasteiger partial charge in [0, 0.05) is 49.6 Å². The average Bonchev–Trinajstić information content (AvgIpc) is 2.45. The first-order chi connectivity index (χ1) is 9.20. The molecule has 3 nitrogen and oxygen atoms in total. The van der Waals surface area contributed by atoms with E-state index in [1.54, 1.807) is 0 Å². The predicted molar refractivity (Wildman–Crippen MR) is 79.9 cm³/mol. The van der Waals surface area contributed by atoms with Gasteiger partial charge >= 0.3 is 0 Å². The van der Waals surface area contributed by atoms with Crippen LogP contribution in [0.5, 0.6) is 0 Å². The fraction of sp³-hybridized carbons (Fsp3) is 0.625. The number of hydrogen-bond donors (Lipinski definition) is 1. The maximum atomic E-state index is 6.12. The molecule has 2 unspecified atom stereocenters. The van der Waals surface area contributed by atoms with Gasteiger partial charge in [-0.05, 0) is 37.5 Å². The van der Waals surface area contributed by atoms with E-state index in [0.29, 0.717) is 12.0 Å². The lowest BCUT2D eigenvalue weighted by atomic mass is 9.79. The van der Waals surface area contributed by atoms with Crippen LogP contribution in [0.2, 0.25) is 0 Å². The summed E-state index contributed by atoms with van der Waals surface area (Å²) in [5.74, 6) is 0.628. The van der Waals surface area contributed by atoms with Crippen LogP contribution in [0.25, 0.3) is 0 Å². The first-order valence-corrected chi connectivity index (χ1v) is 7.40. The van der Waals surface area contributed by atoms with E-state index in [9.17, 15) is 0 Å². The second-order valence-corrected chi connectivity index (χ2v) is 5.92. The van der Waals surface area contributed by atoms with Crippen LogP contribution in [0.4, 0.5) is 11.4 Å². The number of anilines is 2. The first-order valence-electron chi connectivity index (χ1n) is 7.40. The molecule has 1 N–H and O–H groups in total. The van der Waals surface area contributed by atoms with E-state index in [2.05, 4.69) is 49.4 Å². The molecule has 0 bridgehead atoms. The lowest BCUT2D eigenvalue weighted by Gasteiger charge is -2.43. The Bertz CT molecular complexity index is 458. The summed E-state index contributed by atoms with van der Waals surface area (Å²) < 4.78 is 6.12. The summed E-state index contributed by atoms with van der Waals surface area (Å²) in [5.41, 5.74) is 3.87.